The number of aryl methyl sites for hydroxylation is 3. The molecule has 0 spiro atoms. The Morgan fingerprint density at radius 3 is 2.71 bits per heavy atom. The molecule has 0 amide bonds. The number of hydrogen-bond donors (Lipinski definition) is 2. The summed E-state index contributed by atoms with van der Waals surface area (Å²) in [6, 6.07) is 8.25. The first-order valence-electron chi connectivity index (χ1n) is 7.21. The van der Waals surface area contributed by atoms with Gasteiger partial charge in [0.15, 0.2) is 0 Å². The molecule has 1 aromatic heterocycles. The summed E-state index contributed by atoms with van der Waals surface area (Å²) < 4.78 is 7.38. The number of nitrogens with one attached hydrogen (secondary N) is 1. The fourth-order valence-electron chi connectivity index (χ4n) is 2.53. The molecule has 1 atom stereocenters. The van der Waals surface area contributed by atoms with Crippen molar-refractivity contribution in [3.05, 3.63) is 46.8 Å². The van der Waals surface area contributed by atoms with E-state index in [1.54, 1.807) is 7.11 Å². The van der Waals surface area contributed by atoms with Crippen LogP contribution in [0.4, 0.5) is 0 Å². The summed E-state index contributed by atoms with van der Waals surface area (Å²) in [7, 11) is 3.65. The number of rotatable bonds is 6. The molecular weight excluding hydrogens is 264 g/mol. The highest BCUT2D eigenvalue weighted by Crippen LogP contribution is 2.28. The molecule has 0 saturated heterocycles. The van der Waals surface area contributed by atoms with Crippen molar-refractivity contribution >= 4 is 0 Å². The van der Waals surface area contributed by atoms with E-state index < -0.39 is 0 Å². The minimum absolute atomic E-state index is 0.0139. The van der Waals surface area contributed by atoms with Gasteiger partial charge in [0.1, 0.15) is 5.75 Å². The lowest BCUT2D eigenvalue weighted by Gasteiger charge is -2.19. The fourth-order valence-corrected chi connectivity index (χ4v) is 2.53. The molecule has 5 heteroatoms. The Labute approximate surface area is 126 Å². The molecule has 2 rings (SSSR count). The summed E-state index contributed by atoms with van der Waals surface area (Å²) >= 11 is 0. The van der Waals surface area contributed by atoms with Crippen molar-refractivity contribution in [3.8, 4) is 5.75 Å². The smallest absolute Gasteiger partial charge is 0.123 e. The van der Waals surface area contributed by atoms with Crippen molar-refractivity contribution in [1.29, 1.82) is 0 Å². The second kappa shape index (κ2) is 6.74. The van der Waals surface area contributed by atoms with Crippen LogP contribution in [0.15, 0.2) is 24.3 Å². The van der Waals surface area contributed by atoms with E-state index in [9.17, 15) is 0 Å². The van der Waals surface area contributed by atoms with Gasteiger partial charge in [-0.05, 0) is 25.5 Å². The molecule has 114 valence electrons. The van der Waals surface area contributed by atoms with Gasteiger partial charge in [0.2, 0.25) is 0 Å². The maximum absolute atomic E-state index is 5.78. The van der Waals surface area contributed by atoms with E-state index in [2.05, 4.69) is 36.5 Å². The maximum atomic E-state index is 5.78. The summed E-state index contributed by atoms with van der Waals surface area (Å²) in [6.45, 7) is 4.17. The van der Waals surface area contributed by atoms with Crippen LogP contribution in [0.2, 0.25) is 0 Å². The average molecular weight is 288 g/mol. The molecule has 0 aliphatic carbocycles. The van der Waals surface area contributed by atoms with E-state index in [1.807, 2.05) is 23.9 Å². The molecular formula is C16H24N4O. The summed E-state index contributed by atoms with van der Waals surface area (Å²) in [6.07, 6.45) is 1.70. The van der Waals surface area contributed by atoms with E-state index >= 15 is 0 Å². The highest BCUT2D eigenvalue weighted by Gasteiger charge is 2.18. The largest absolute Gasteiger partial charge is 0.496 e. The van der Waals surface area contributed by atoms with Gasteiger partial charge in [-0.15, -0.1) is 0 Å². The first-order valence-corrected chi connectivity index (χ1v) is 7.21. The van der Waals surface area contributed by atoms with Gasteiger partial charge >= 0.3 is 0 Å². The Hall–Kier alpha value is -1.85. The lowest BCUT2D eigenvalue weighted by atomic mass is 9.99. The first kappa shape index (κ1) is 15.5. The van der Waals surface area contributed by atoms with Gasteiger partial charge in [0.25, 0.3) is 0 Å². The van der Waals surface area contributed by atoms with Gasteiger partial charge in [-0.25, -0.2) is 0 Å². The summed E-state index contributed by atoms with van der Waals surface area (Å²) in [5.41, 5.74) is 7.40. The Morgan fingerprint density at radius 1 is 1.38 bits per heavy atom. The van der Waals surface area contributed by atoms with Crippen LogP contribution in [0.25, 0.3) is 0 Å². The Bertz CT molecular complexity index is 606. The van der Waals surface area contributed by atoms with Crippen LogP contribution in [0, 0.1) is 6.92 Å². The van der Waals surface area contributed by atoms with Gasteiger partial charge in [-0.1, -0.05) is 24.6 Å². The number of nitrogens with two attached hydrogens (primary N) is 1. The van der Waals surface area contributed by atoms with Crippen molar-refractivity contribution in [2.24, 2.45) is 12.9 Å². The van der Waals surface area contributed by atoms with E-state index in [0.29, 0.717) is 0 Å². The van der Waals surface area contributed by atoms with Crippen molar-refractivity contribution < 1.29 is 4.74 Å². The third-order valence-corrected chi connectivity index (χ3v) is 3.76. The molecule has 5 nitrogen and oxygen atoms in total. The predicted octanol–water partition coefficient (Wildman–Crippen LogP) is 2.05. The summed E-state index contributed by atoms with van der Waals surface area (Å²) in [5, 5.41) is 4.49. The number of hydrazine groups is 1. The number of ether oxygens (including phenoxy) is 1. The SMILES string of the molecule is CCc1cc(CC(NN)c2cc(C)ccc2OC)n(C)n1. The van der Waals surface area contributed by atoms with Gasteiger partial charge in [-0.2, -0.15) is 5.10 Å². The predicted molar refractivity (Wildman–Crippen MR) is 84.1 cm³/mol. The van der Waals surface area contributed by atoms with Crippen LogP contribution >= 0.6 is 0 Å². The molecule has 0 aliphatic rings. The molecule has 1 heterocycles. The number of hydrogen-bond acceptors (Lipinski definition) is 4. The van der Waals surface area contributed by atoms with Gasteiger partial charge in [0.05, 0.1) is 18.8 Å². The quantitative estimate of drug-likeness (QED) is 0.631. The monoisotopic (exact) mass is 288 g/mol. The van der Waals surface area contributed by atoms with Crippen molar-refractivity contribution in [3.63, 3.8) is 0 Å². The molecule has 0 aliphatic heterocycles. The van der Waals surface area contributed by atoms with Gasteiger partial charge in [0, 0.05) is 24.7 Å². The molecule has 1 aromatic carbocycles. The third kappa shape index (κ3) is 3.43. The Balaban J connectivity index is 2.31. The van der Waals surface area contributed by atoms with Crippen LogP contribution in [0.3, 0.4) is 0 Å². The minimum Gasteiger partial charge on any atom is -0.496 e. The fraction of sp³-hybridized carbons (Fsp3) is 0.438. The lowest BCUT2D eigenvalue weighted by molar-refractivity contribution is 0.398. The molecule has 0 radical (unpaired) electrons. The highest BCUT2D eigenvalue weighted by atomic mass is 16.5. The second-order valence-electron chi connectivity index (χ2n) is 5.27. The zero-order valence-corrected chi connectivity index (χ0v) is 13.2. The van der Waals surface area contributed by atoms with E-state index in [0.717, 1.165) is 35.5 Å². The van der Waals surface area contributed by atoms with Gasteiger partial charge < -0.3 is 4.74 Å². The molecule has 21 heavy (non-hydrogen) atoms. The van der Waals surface area contributed by atoms with Gasteiger partial charge in [-0.3, -0.25) is 16.0 Å². The topological polar surface area (TPSA) is 65.1 Å². The zero-order chi connectivity index (χ0) is 15.4. The summed E-state index contributed by atoms with van der Waals surface area (Å²) in [4.78, 5) is 0. The summed E-state index contributed by atoms with van der Waals surface area (Å²) in [5.74, 6) is 6.63. The van der Waals surface area contributed by atoms with Crippen molar-refractivity contribution in [2.45, 2.75) is 32.7 Å². The van der Waals surface area contributed by atoms with Crippen LogP contribution < -0.4 is 16.0 Å². The first-order chi connectivity index (χ1) is 10.1. The number of benzene rings is 1. The second-order valence-corrected chi connectivity index (χ2v) is 5.27. The molecule has 0 saturated carbocycles. The van der Waals surface area contributed by atoms with Crippen LogP contribution in [0.5, 0.6) is 5.75 Å². The molecule has 3 N–H and O–H groups in total. The number of aromatic nitrogens is 2. The number of methoxy groups -OCH3 is 1. The minimum atomic E-state index is -0.0139. The Morgan fingerprint density at radius 2 is 2.14 bits per heavy atom. The average Bonchev–Trinajstić information content (AvgIpc) is 2.85. The van der Waals surface area contributed by atoms with E-state index in [-0.39, 0.29) is 6.04 Å². The lowest BCUT2D eigenvalue weighted by Crippen LogP contribution is -2.30. The van der Waals surface area contributed by atoms with Crippen molar-refractivity contribution in [2.75, 3.05) is 7.11 Å². The van der Waals surface area contributed by atoms with E-state index in [4.69, 9.17) is 10.6 Å². The maximum Gasteiger partial charge on any atom is 0.123 e. The zero-order valence-electron chi connectivity index (χ0n) is 13.2. The third-order valence-electron chi connectivity index (χ3n) is 3.76. The van der Waals surface area contributed by atoms with Crippen molar-refractivity contribution in [1.82, 2.24) is 15.2 Å². The molecule has 1 unspecified atom stereocenters. The Kier molecular flexibility index (Phi) is 4.98. The van der Waals surface area contributed by atoms with Crippen LogP contribution in [-0.2, 0) is 19.9 Å². The number of nitrogens with zero attached hydrogens (tertiary/aromatic N) is 2. The highest BCUT2D eigenvalue weighted by molar-refractivity contribution is 5.39. The van der Waals surface area contributed by atoms with E-state index in [1.165, 1.54) is 5.56 Å². The molecule has 0 bridgehead atoms. The molecule has 2 aromatic rings. The van der Waals surface area contributed by atoms with Crippen LogP contribution in [-0.4, -0.2) is 16.9 Å². The van der Waals surface area contributed by atoms with Crippen LogP contribution in [0.1, 0.15) is 35.5 Å². The normalized spacial score (nSPS) is 12.4. The standard InChI is InChI=1S/C16H24N4O/c1-5-12-9-13(20(3)19-12)10-15(18-17)14-8-11(2)6-7-16(14)21-4/h6-9,15,18H,5,10,17H2,1-4H3. The molecule has 0 fully saturated rings.